The average Bonchev–Trinajstić information content (AvgIpc) is 2.89. The van der Waals surface area contributed by atoms with E-state index in [1.54, 1.807) is 18.2 Å². The van der Waals surface area contributed by atoms with Crippen molar-refractivity contribution >= 4 is 12.0 Å². The molecule has 0 bridgehead atoms. The Morgan fingerprint density at radius 2 is 2.33 bits per heavy atom. The lowest BCUT2D eigenvalue weighted by Gasteiger charge is -2.05. The number of nitriles is 1. The molecule has 2 rings (SSSR count). The van der Waals surface area contributed by atoms with Gasteiger partial charge in [-0.2, -0.15) is 10.4 Å². The third-order valence-electron chi connectivity index (χ3n) is 2.26. The Morgan fingerprint density at radius 3 is 2.94 bits per heavy atom. The lowest BCUT2D eigenvalue weighted by Crippen LogP contribution is -1.99. The Morgan fingerprint density at radius 1 is 1.50 bits per heavy atom. The number of rotatable bonds is 3. The van der Waals surface area contributed by atoms with E-state index in [1.165, 1.54) is 23.4 Å². The molecular weight excluding hydrogens is 232 g/mol. The molecule has 1 N–H and O–H groups in total. The molecule has 0 aliphatic heterocycles. The van der Waals surface area contributed by atoms with Gasteiger partial charge in [0.25, 0.3) is 0 Å². The second-order valence-electron chi connectivity index (χ2n) is 3.36. The number of carbonyl (C=O) groups is 1. The fraction of sp³-hybridized carbons (Fsp3) is 0. The molecule has 0 saturated carbocycles. The molecule has 0 aliphatic carbocycles. The summed E-state index contributed by atoms with van der Waals surface area (Å²) in [7, 11) is 0. The minimum absolute atomic E-state index is 0.348. The first-order valence-corrected chi connectivity index (χ1v) is 5.01. The van der Waals surface area contributed by atoms with E-state index in [-0.39, 0.29) is 0 Å². The van der Waals surface area contributed by atoms with Crippen LogP contribution in [0, 0.1) is 11.3 Å². The van der Waals surface area contributed by atoms with Crippen molar-refractivity contribution in [1.29, 1.82) is 5.26 Å². The third kappa shape index (κ3) is 2.25. The van der Waals surface area contributed by atoms with Crippen LogP contribution in [0.25, 0.3) is 11.8 Å². The quantitative estimate of drug-likeness (QED) is 0.815. The van der Waals surface area contributed by atoms with Crippen molar-refractivity contribution in [3.8, 4) is 11.8 Å². The van der Waals surface area contributed by atoms with Crippen molar-refractivity contribution < 1.29 is 9.90 Å². The number of aromatic nitrogens is 3. The first kappa shape index (κ1) is 11.5. The van der Waals surface area contributed by atoms with Crippen LogP contribution in [-0.2, 0) is 4.79 Å². The minimum Gasteiger partial charge on any atom is -0.478 e. The van der Waals surface area contributed by atoms with Crippen LogP contribution in [0.15, 0.2) is 36.9 Å². The highest BCUT2D eigenvalue weighted by molar-refractivity contribution is 5.86. The van der Waals surface area contributed by atoms with Crippen molar-refractivity contribution in [2.75, 3.05) is 0 Å². The monoisotopic (exact) mass is 240 g/mol. The van der Waals surface area contributed by atoms with Gasteiger partial charge in [-0.1, -0.05) is 12.1 Å². The predicted octanol–water partition coefficient (Wildman–Crippen LogP) is 1.24. The van der Waals surface area contributed by atoms with Gasteiger partial charge < -0.3 is 5.11 Å². The minimum atomic E-state index is -1.06. The summed E-state index contributed by atoms with van der Waals surface area (Å²) in [5.41, 5.74) is 1.43. The van der Waals surface area contributed by atoms with E-state index in [1.807, 2.05) is 6.07 Å². The van der Waals surface area contributed by atoms with Crippen molar-refractivity contribution in [2.45, 2.75) is 0 Å². The molecule has 0 aliphatic rings. The largest absolute Gasteiger partial charge is 0.478 e. The maximum absolute atomic E-state index is 10.5. The summed E-state index contributed by atoms with van der Waals surface area (Å²) in [5, 5.41) is 21.7. The maximum atomic E-state index is 10.5. The van der Waals surface area contributed by atoms with Crippen LogP contribution in [0.3, 0.4) is 0 Å². The lowest BCUT2D eigenvalue weighted by molar-refractivity contribution is -0.131. The first-order valence-electron chi connectivity index (χ1n) is 5.01. The molecule has 6 heteroatoms. The molecule has 1 heterocycles. The Hall–Kier alpha value is -2.94. The number of carboxylic acid groups (broad SMARTS) is 1. The van der Waals surface area contributed by atoms with Gasteiger partial charge in [-0.25, -0.2) is 14.5 Å². The van der Waals surface area contributed by atoms with E-state index in [0.717, 1.165) is 6.08 Å². The number of carboxylic acids is 1. The molecule has 18 heavy (non-hydrogen) atoms. The molecule has 0 atom stereocenters. The van der Waals surface area contributed by atoms with Gasteiger partial charge in [0, 0.05) is 6.08 Å². The number of hydrogen-bond donors (Lipinski definition) is 1. The predicted molar refractivity (Wildman–Crippen MR) is 62.7 cm³/mol. The molecular formula is C12H8N4O2. The molecule has 2 aromatic rings. The van der Waals surface area contributed by atoms with E-state index in [0.29, 0.717) is 16.8 Å². The Bertz CT molecular complexity index is 639. The molecule has 0 spiro atoms. The summed E-state index contributed by atoms with van der Waals surface area (Å²) < 4.78 is 1.46. The van der Waals surface area contributed by atoms with Crippen molar-refractivity contribution in [1.82, 2.24) is 14.8 Å². The number of benzene rings is 1. The van der Waals surface area contributed by atoms with E-state index in [2.05, 4.69) is 10.1 Å². The van der Waals surface area contributed by atoms with E-state index in [4.69, 9.17) is 5.11 Å². The van der Waals surface area contributed by atoms with E-state index < -0.39 is 5.97 Å². The summed E-state index contributed by atoms with van der Waals surface area (Å²) in [6, 6.07) is 7.14. The molecule has 0 saturated heterocycles. The molecule has 1 aromatic carbocycles. The van der Waals surface area contributed by atoms with Gasteiger partial charge in [-0.3, -0.25) is 0 Å². The second kappa shape index (κ2) is 4.93. The number of nitrogens with zero attached hydrogens (tertiary/aromatic N) is 4. The highest BCUT2D eigenvalue weighted by Gasteiger charge is 2.08. The first-order chi connectivity index (χ1) is 8.72. The Labute approximate surface area is 102 Å². The summed E-state index contributed by atoms with van der Waals surface area (Å²) in [6.45, 7) is 0. The molecule has 6 nitrogen and oxygen atoms in total. The van der Waals surface area contributed by atoms with Gasteiger partial charge in [0.15, 0.2) is 0 Å². The summed E-state index contributed by atoms with van der Waals surface area (Å²) in [4.78, 5) is 14.3. The molecule has 0 unspecified atom stereocenters. The van der Waals surface area contributed by atoms with E-state index >= 15 is 0 Å². The number of hydrogen-bond acceptors (Lipinski definition) is 4. The fourth-order valence-electron chi connectivity index (χ4n) is 1.50. The SMILES string of the molecule is N#Cc1c(/C=C/C(=O)O)cccc1-n1cncn1. The normalized spacial score (nSPS) is 10.4. The van der Waals surface area contributed by atoms with Crippen LogP contribution >= 0.6 is 0 Å². The fourth-order valence-corrected chi connectivity index (χ4v) is 1.50. The van der Waals surface area contributed by atoms with Gasteiger partial charge in [-0.15, -0.1) is 0 Å². The van der Waals surface area contributed by atoms with E-state index in [9.17, 15) is 10.1 Å². The molecule has 0 fully saturated rings. The smallest absolute Gasteiger partial charge is 0.328 e. The van der Waals surface area contributed by atoms with Crippen molar-refractivity contribution in [3.05, 3.63) is 48.1 Å². The Kier molecular flexibility index (Phi) is 3.16. The highest BCUT2D eigenvalue weighted by Crippen LogP contribution is 2.18. The summed E-state index contributed by atoms with van der Waals surface area (Å²) in [5.74, 6) is -1.06. The van der Waals surface area contributed by atoms with Gasteiger partial charge in [-0.05, 0) is 17.7 Å². The van der Waals surface area contributed by atoms with Crippen LogP contribution in [0.5, 0.6) is 0 Å². The Balaban J connectivity index is 2.54. The molecule has 0 radical (unpaired) electrons. The zero-order valence-electron chi connectivity index (χ0n) is 9.19. The van der Waals surface area contributed by atoms with Gasteiger partial charge in [0.1, 0.15) is 18.7 Å². The molecule has 1 aromatic heterocycles. The average molecular weight is 240 g/mol. The van der Waals surface area contributed by atoms with Crippen LogP contribution in [0.4, 0.5) is 0 Å². The zero-order valence-corrected chi connectivity index (χ0v) is 9.19. The maximum Gasteiger partial charge on any atom is 0.328 e. The van der Waals surface area contributed by atoms with Gasteiger partial charge in [0.05, 0.1) is 11.3 Å². The third-order valence-corrected chi connectivity index (χ3v) is 2.26. The highest BCUT2D eigenvalue weighted by atomic mass is 16.4. The van der Waals surface area contributed by atoms with Crippen molar-refractivity contribution in [2.24, 2.45) is 0 Å². The standard InChI is InChI=1S/C12H8N4O2/c13-6-10-9(4-5-12(17)18)2-1-3-11(10)16-8-14-7-15-16/h1-5,7-8H,(H,17,18)/b5-4+. The van der Waals surface area contributed by atoms with Crippen LogP contribution in [0.2, 0.25) is 0 Å². The van der Waals surface area contributed by atoms with Crippen molar-refractivity contribution in [3.63, 3.8) is 0 Å². The van der Waals surface area contributed by atoms with Gasteiger partial charge in [0.2, 0.25) is 0 Å². The zero-order chi connectivity index (χ0) is 13.0. The molecule has 88 valence electrons. The lowest BCUT2D eigenvalue weighted by atomic mass is 10.1. The van der Waals surface area contributed by atoms with Crippen LogP contribution in [0.1, 0.15) is 11.1 Å². The van der Waals surface area contributed by atoms with Crippen LogP contribution in [-0.4, -0.2) is 25.8 Å². The number of aliphatic carboxylic acids is 1. The second-order valence-corrected chi connectivity index (χ2v) is 3.36. The van der Waals surface area contributed by atoms with Crippen LogP contribution < -0.4 is 0 Å². The topological polar surface area (TPSA) is 91.8 Å². The summed E-state index contributed by atoms with van der Waals surface area (Å²) in [6.07, 6.45) is 5.20. The van der Waals surface area contributed by atoms with Gasteiger partial charge >= 0.3 is 5.97 Å². The molecule has 0 amide bonds. The summed E-state index contributed by atoms with van der Waals surface area (Å²) >= 11 is 0.